The zero-order chi connectivity index (χ0) is 17.8. The molecule has 2 aromatic rings. The Hall–Kier alpha value is -2.29. The quantitative estimate of drug-likeness (QED) is 0.855. The molecule has 0 heterocycles. The summed E-state index contributed by atoms with van der Waals surface area (Å²) in [4.78, 5) is 11.9. The van der Waals surface area contributed by atoms with Crippen LogP contribution in [0.15, 0.2) is 36.4 Å². The number of fused-ring (bicyclic) bond motifs is 1. The van der Waals surface area contributed by atoms with Crippen LogP contribution in [0.25, 0.3) is 0 Å². The molecule has 2 N–H and O–H groups in total. The first-order valence-electron chi connectivity index (χ1n) is 9.01. The topological polar surface area (TPSA) is 57.5 Å². The molecule has 2 atom stereocenters. The summed E-state index contributed by atoms with van der Waals surface area (Å²) in [5.41, 5.74) is 4.01. The normalized spacial score (nSPS) is 24.5. The van der Waals surface area contributed by atoms with E-state index >= 15 is 0 Å². The number of hydrogen-bond acceptors (Lipinski definition) is 3. The second-order valence-corrected chi connectivity index (χ2v) is 7.96. The van der Waals surface area contributed by atoms with E-state index in [0.29, 0.717) is 42.0 Å². The van der Waals surface area contributed by atoms with E-state index in [-0.39, 0.29) is 5.41 Å². The highest BCUT2D eigenvalue weighted by molar-refractivity contribution is 5.81. The maximum atomic E-state index is 11.9. The van der Waals surface area contributed by atoms with Gasteiger partial charge in [-0.3, -0.25) is 4.79 Å². The predicted molar refractivity (Wildman–Crippen MR) is 96.9 cm³/mol. The minimum atomic E-state index is -0.146. The van der Waals surface area contributed by atoms with Gasteiger partial charge in [-0.15, -0.1) is 0 Å². The van der Waals surface area contributed by atoms with Gasteiger partial charge in [0.15, 0.2) is 0 Å². The number of Topliss-reactive ketones (excluding diaryl/α,β-unsaturated/α-hetero) is 1. The zero-order valence-corrected chi connectivity index (χ0v) is 14.7. The highest BCUT2D eigenvalue weighted by Gasteiger charge is 2.50. The van der Waals surface area contributed by atoms with E-state index in [0.717, 1.165) is 24.0 Å². The molecule has 3 nitrogen and oxygen atoms in total. The van der Waals surface area contributed by atoms with Crippen molar-refractivity contribution in [1.29, 1.82) is 0 Å². The lowest BCUT2D eigenvalue weighted by Crippen LogP contribution is -2.26. The lowest BCUT2D eigenvalue weighted by Gasteiger charge is -2.32. The number of aromatic hydroxyl groups is 2. The SMILES string of the molecule is Cc1cc(C2(c3ccc(O)c(C)c3)CC3CC(=O)CC3C2)ccc1O. The van der Waals surface area contributed by atoms with Crippen LogP contribution in [0.2, 0.25) is 0 Å². The van der Waals surface area contributed by atoms with Gasteiger partial charge in [0, 0.05) is 18.3 Å². The van der Waals surface area contributed by atoms with Crippen molar-refractivity contribution in [3.63, 3.8) is 0 Å². The van der Waals surface area contributed by atoms with Gasteiger partial charge in [-0.05, 0) is 72.9 Å². The van der Waals surface area contributed by atoms with Gasteiger partial charge in [-0.2, -0.15) is 0 Å². The lowest BCUT2D eigenvalue weighted by atomic mass is 9.71. The van der Waals surface area contributed by atoms with Crippen molar-refractivity contribution >= 4 is 5.78 Å². The second-order valence-electron chi connectivity index (χ2n) is 7.96. The first kappa shape index (κ1) is 16.2. The third-order valence-electron chi connectivity index (χ3n) is 6.37. The predicted octanol–water partition coefficient (Wildman–Crippen LogP) is 4.39. The van der Waals surface area contributed by atoms with Crippen LogP contribution in [0.5, 0.6) is 11.5 Å². The van der Waals surface area contributed by atoms with Crippen LogP contribution in [0, 0.1) is 25.7 Å². The number of carbonyl (C=O) groups excluding carboxylic acids is 1. The summed E-state index contributed by atoms with van der Waals surface area (Å²) in [7, 11) is 0. The van der Waals surface area contributed by atoms with Gasteiger partial charge in [0.05, 0.1) is 0 Å². The molecule has 2 aromatic carbocycles. The van der Waals surface area contributed by atoms with Crippen LogP contribution in [0.4, 0.5) is 0 Å². The monoisotopic (exact) mass is 336 g/mol. The summed E-state index contributed by atoms with van der Waals surface area (Å²) in [5.74, 6) is 1.90. The van der Waals surface area contributed by atoms with Crippen LogP contribution in [0.1, 0.15) is 47.9 Å². The number of hydrogen-bond donors (Lipinski definition) is 2. The molecule has 2 fully saturated rings. The third-order valence-corrected chi connectivity index (χ3v) is 6.37. The van der Waals surface area contributed by atoms with Crippen molar-refractivity contribution in [3.05, 3.63) is 58.7 Å². The number of phenolic OH excluding ortho intramolecular Hbond substituents is 2. The van der Waals surface area contributed by atoms with Crippen LogP contribution < -0.4 is 0 Å². The van der Waals surface area contributed by atoms with Gasteiger partial charge in [0.2, 0.25) is 0 Å². The van der Waals surface area contributed by atoms with Crippen molar-refractivity contribution in [2.45, 2.75) is 44.9 Å². The first-order chi connectivity index (χ1) is 11.9. The van der Waals surface area contributed by atoms with Crippen LogP contribution in [0.3, 0.4) is 0 Å². The summed E-state index contributed by atoms with van der Waals surface area (Å²) in [5, 5.41) is 19.9. The Bertz CT molecular complexity index is 783. The number of rotatable bonds is 2. The molecular weight excluding hydrogens is 312 g/mol. The van der Waals surface area contributed by atoms with Gasteiger partial charge in [0.1, 0.15) is 17.3 Å². The van der Waals surface area contributed by atoms with Gasteiger partial charge < -0.3 is 10.2 Å². The number of ketones is 1. The maximum Gasteiger partial charge on any atom is 0.133 e. The second kappa shape index (κ2) is 5.62. The first-order valence-corrected chi connectivity index (χ1v) is 9.01. The Kier molecular flexibility index (Phi) is 3.64. The molecule has 0 radical (unpaired) electrons. The fourth-order valence-corrected chi connectivity index (χ4v) is 5.00. The number of aryl methyl sites for hydroxylation is 2. The highest BCUT2D eigenvalue weighted by Crippen LogP contribution is 2.56. The van der Waals surface area contributed by atoms with Crippen molar-refractivity contribution in [2.24, 2.45) is 11.8 Å². The van der Waals surface area contributed by atoms with E-state index in [4.69, 9.17) is 0 Å². The van der Waals surface area contributed by atoms with E-state index in [2.05, 4.69) is 12.1 Å². The molecule has 2 unspecified atom stereocenters. The van der Waals surface area contributed by atoms with Crippen LogP contribution in [-0.4, -0.2) is 16.0 Å². The Balaban J connectivity index is 1.85. The van der Waals surface area contributed by atoms with Crippen LogP contribution in [-0.2, 0) is 10.2 Å². The fraction of sp³-hybridized carbons (Fsp3) is 0.409. The van der Waals surface area contributed by atoms with Crippen molar-refractivity contribution in [3.8, 4) is 11.5 Å². The molecule has 3 heteroatoms. The van der Waals surface area contributed by atoms with E-state index in [1.807, 2.05) is 26.0 Å². The molecule has 25 heavy (non-hydrogen) atoms. The fourth-order valence-electron chi connectivity index (χ4n) is 5.00. The Morgan fingerprint density at radius 1 is 0.840 bits per heavy atom. The largest absolute Gasteiger partial charge is 0.508 e. The van der Waals surface area contributed by atoms with Crippen molar-refractivity contribution in [2.75, 3.05) is 0 Å². The summed E-state index contributed by atoms with van der Waals surface area (Å²) < 4.78 is 0. The summed E-state index contributed by atoms with van der Waals surface area (Å²) >= 11 is 0. The highest BCUT2D eigenvalue weighted by atomic mass is 16.3. The van der Waals surface area contributed by atoms with Gasteiger partial charge in [-0.25, -0.2) is 0 Å². The summed E-state index contributed by atoms with van der Waals surface area (Å²) in [6, 6.07) is 11.8. The van der Waals surface area contributed by atoms with Crippen molar-refractivity contribution in [1.82, 2.24) is 0 Å². The molecule has 2 aliphatic rings. The molecular formula is C22H24O3. The molecule has 0 aromatic heterocycles. The van der Waals surface area contributed by atoms with E-state index in [9.17, 15) is 15.0 Å². The standard InChI is InChI=1S/C22H24O3/c1-13-7-17(3-5-20(13)24)22(18-4-6-21(25)14(2)8-18)11-15-9-19(23)10-16(15)12-22/h3-8,15-16,24-25H,9-12H2,1-2H3. The maximum absolute atomic E-state index is 11.9. The van der Waals surface area contributed by atoms with Crippen molar-refractivity contribution < 1.29 is 15.0 Å². The lowest BCUT2D eigenvalue weighted by molar-refractivity contribution is -0.117. The molecule has 4 rings (SSSR count). The Morgan fingerprint density at radius 2 is 1.28 bits per heavy atom. The van der Waals surface area contributed by atoms with E-state index < -0.39 is 0 Å². The molecule has 0 aliphatic heterocycles. The van der Waals surface area contributed by atoms with Gasteiger partial charge in [-0.1, -0.05) is 24.3 Å². The molecule has 0 bridgehead atoms. The Morgan fingerprint density at radius 3 is 1.68 bits per heavy atom. The minimum Gasteiger partial charge on any atom is -0.508 e. The summed E-state index contributed by atoms with van der Waals surface area (Å²) in [6.45, 7) is 3.85. The zero-order valence-electron chi connectivity index (χ0n) is 14.7. The van der Waals surface area contributed by atoms with Gasteiger partial charge in [0.25, 0.3) is 0 Å². The van der Waals surface area contributed by atoms with E-state index in [1.165, 1.54) is 11.1 Å². The molecule has 2 saturated carbocycles. The minimum absolute atomic E-state index is 0.146. The molecule has 0 spiro atoms. The molecule has 0 saturated heterocycles. The summed E-state index contributed by atoms with van der Waals surface area (Å²) in [6.07, 6.45) is 3.30. The molecule has 130 valence electrons. The number of carbonyl (C=O) groups is 1. The average Bonchev–Trinajstić information content (AvgIpc) is 3.07. The Labute approximate surface area is 148 Å². The van der Waals surface area contributed by atoms with Gasteiger partial charge >= 0.3 is 0 Å². The number of phenols is 2. The number of benzene rings is 2. The van der Waals surface area contributed by atoms with E-state index in [1.54, 1.807) is 12.1 Å². The molecule has 0 amide bonds. The average molecular weight is 336 g/mol. The van der Waals surface area contributed by atoms with Crippen LogP contribution >= 0.6 is 0 Å². The molecule has 2 aliphatic carbocycles. The smallest absolute Gasteiger partial charge is 0.133 e. The third kappa shape index (κ3) is 2.53.